The van der Waals surface area contributed by atoms with E-state index in [0.717, 1.165) is 27.0 Å². The predicted octanol–water partition coefficient (Wildman–Crippen LogP) is 4.48. The smallest absolute Gasteiger partial charge is 0.276 e. The molecular weight excluding hydrogens is 394 g/mol. The summed E-state index contributed by atoms with van der Waals surface area (Å²) in [7, 11) is 0. The molecule has 5 nitrogen and oxygen atoms in total. The van der Waals surface area contributed by atoms with Gasteiger partial charge in [0.1, 0.15) is 6.10 Å². The fourth-order valence-electron chi connectivity index (χ4n) is 3.10. The minimum absolute atomic E-state index is 0.0251. The van der Waals surface area contributed by atoms with E-state index in [1.54, 1.807) is 6.33 Å². The molecule has 0 unspecified atom stereocenters. The van der Waals surface area contributed by atoms with Crippen molar-refractivity contribution in [1.29, 1.82) is 0 Å². The van der Waals surface area contributed by atoms with E-state index in [9.17, 15) is 4.79 Å². The maximum atomic E-state index is 12.6. The molecule has 0 spiro atoms. The van der Waals surface area contributed by atoms with E-state index in [0.29, 0.717) is 18.8 Å². The number of carbonyl (C=O) groups excluding carboxylic acids is 1. The molecule has 0 saturated carbocycles. The number of benzene rings is 2. The van der Waals surface area contributed by atoms with Gasteiger partial charge in [0.05, 0.1) is 25.2 Å². The SMILES string of the molecule is Cc1cc(NC(=O)c2ncn3c2CO[C@H](c2ccccc2)C3)ccc1Br. The van der Waals surface area contributed by atoms with Crippen molar-refractivity contribution in [3.63, 3.8) is 0 Å². The number of halogens is 1. The molecule has 1 amide bonds. The molecule has 0 fully saturated rings. The molecule has 132 valence electrons. The molecule has 0 bridgehead atoms. The van der Waals surface area contributed by atoms with Gasteiger partial charge in [0.25, 0.3) is 5.91 Å². The van der Waals surface area contributed by atoms with Gasteiger partial charge in [0.15, 0.2) is 5.69 Å². The zero-order chi connectivity index (χ0) is 18.1. The second-order valence-corrected chi connectivity index (χ2v) is 7.17. The number of nitrogens with one attached hydrogen (secondary N) is 1. The van der Waals surface area contributed by atoms with Crippen molar-refractivity contribution in [3.05, 3.63) is 81.8 Å². The van der Waals surface area contributed by atoms with Crippen LogP contribution < -0.4 is 5.32 Å². The van der Waals surface area contributed by atoms with Gasteiger partial charge in [0.2, 0.25) is 0 Å². The number of hydrogen-bond acceptors (Lipinski definition) is 3. The predicted molar refractivity (Wildman–Crippen MR) is 103 cm³/mol. The molecule has 1 aromatic heterocycles. The van der Waals surface area contributed by atoms with Crippen LogP contribution >= 0.6 is 15.9 Å². The number of nitrogens with zero attached hydrogens (tertiary/aromatic N) is 2. The van der Waals surface area contributed by atoms with E-state index in [1.807, 2.05) is 47.9 Å². The fourth-order valence-corrected chi connectivity index (χ4v) is 3.35. The third kappa shape index (κ3) is 3.30. The van der Waals surface area contributed by atoms with Gasteiger partial charge in [-0.05, 0) is 36.2 Å². The Morgan fingerprint density at radius 1 is 1.27 bits per heavy atom. The van der Waals surface area contributed by atoms with Gasteiger partial charge in [0, 0.05) is 10.2 Å². The van der Waals surface area contributed by atoms with Crippen LogP contribution in [0.1, 0.15) is 33.4 Å². The van der Waals surface area contributed by atoms with Crippen LogP contribution in [0, 0.1) is 6.92 Å². The molecule has 26 heavy (non-hydrogen) atoms. The van der Waals surface area contributed by atoms with E-state index in [1.165, 1.54) is 0 Å². The number of aryl methyl sites for hydroxylation is 1. The first-order chi connectivity index (χ1) is 12.6. The average molecular weight is 412 g/mol. The molecule has 0 saturated heterocycles. The summed E-state index contributed by atoms with van der Waals surface area (Å²) in [4.78, 5) is 17.0. The van der Waals surface area contributed by atoms with Gasteiger partial charge >= 0.3 is 0 Å². The molecular formula is C20H18BrN3O2. The molecule has 4 rings (SSSR count). The highest BCUT2D eigenvalue weighted by atomic mass is 79.9. The number of fused-ring (bicyclic) bond motifs is 1. The van der Waals surface area contributed by atoms with Crippen molar-refractivity contribution in [1.82, 2.24) is 9.55 Å². The third-order valence-corrected chi connectivity index (χ3v) is 5.42. The van der Waals surface area contributed by atoms with E-state index in [2.05, 4.69) is 38.4 Å². The first-order valence-corrected chi connectivity index (χ1v) is 9.19. The van der Waals surface area contributed by atoms with Crippen molar-refractivity contribution >= 4 is 27.5 Å². The van der Waals surface area contributed by atoms with Gasteiger partial charge in [-0.15, -0.1) is 0 Å². The summed E-state index contributed by atoms with van der Waals surface area (Å²) in [6.07, 6.45) is 1.69. The highest BCUT2D eigenvalue weighted by Gasteiger charge is 2.26. The van der Waals surface area contributed by atoms with Crippen molar-refractivity contribution < 1.29 is 9.53 Å². The van der Waals surface area contributed by atoms with Crippen molar-refractivity contribution in [3.8, 4) is 0 Å². The Balaban J connectivity index is 1.52. The molecule has 1 aliphatic rings. The number of hydrogen-bond donors (Lipinski definition) is 1. The van der Waals surface area contributed by atoms with Gasteiger partial charge in [-0.25, -0.2) is 4.98 Å². The topological polar surface area (TPSA) is 56.2 Å². The Morgan fingerprint density at radius 3 is 2.85 bits per heavy atom. The molecule has 2 aromatic carbocycles. The summed E-state index contributed by atoms with van der Waals surface area (Å²) >= 11 is 3.46. The standard InChI is InChI=1S/C20H18BrN3O2/c1-13-9-15(7-8-16(13)21)23-20(25)19-17-11-26-18(10-24(17)12-22-19)14-5-3-2-4-6-14/h2-9,12,18H,10-11H2,1H3,(H,23,25)/t18-/m0/s1. The molecule has 6 heteroatoms. The lowest BCUT2D eigenvalue weighted by atomic mass is 10.1. The van der Waals surface area contributed by atoms with Crippen molar-refractivity contribution in [2.75, 3.05) is 5.32 Å². The Morgan fingerprint density at radius 2 is 2.08 bits per heavy atom. The van der Waals surface area contributed by atoms with E-state index < -0.39 is 0 Å². The fraction of sp³-hybridized carbons (Fsp3) is 0.200. The molecule has 1 aliphatic heterocycles. The number of carbonyl (C=O) groups is 1. The first-order valence-electron chi connectivity index (χ1n) is 8.40. The van der Waals surface area contributed by atoms with Gasteiger partial charge in [-0.3, -0.25) is 4.79 Å². The lowest BCUT2D eigenvalue weighted by Gasteiger charge is -2.25. The van der Waals surface area contributed by atoms with Crippen LogP contribution in [0.15, 0.2) is 59.3 Å². The second-order valence-electron chi connectivity index (χ2n) is 6.32. The normalized spacial score (nSPS) is 16.2. The summed E-state index contributed by atoms with van der Waals surface area (Å²) in [5, 5.41) is 2.91. The number of rotatable bonds is 3. The molecule has 1 N–H and O–H groups in total. The first kappa shape index (κ1) is 17.0. The van der Waals surface area contributed by atoms with E-state index in [-0.39, 0.29) is 12.0 Å². The molecule has 2 heterocycles. The van der Waals surface area contributed by atoms with Gasteiger partial charge in [-0.2, -0.15) is 0 Å². The monoisotopic (exact) mass is 411 g/mol. The number of amides is 1. The summed E-state index contributed by atoms with van der Waals surface area (Å²) < 4.78 is 8.99. The highest BCUT2D eigenvalue weighted by Crippen LogP contribution is 2.28. The maximum Gasteiger partial charge on any atom is 0.276 e. The zero-order valence-electron chi connectivity index (χ0n) is 14.3. The van der Waals surface area contributed by atoms with Crippen LogP contribution in [0.5, 0.6) is 0 Å². The van der Waals surface area contributed by atoms with Gasteiger partial charge < -0.3 is 14.6 Å². The minimum Gasteiger partial charge on any atom is -0.365 e. The number of imidazole rings is 1. The van der Waals surface area contributed by atoms with Crippen LogP contribution in [-0.4, -0.2) is 15.5 Å². The minimum atomic E-state index is -0.220. The third-order valence-electron chi connectivity index (χ3n) is 4.53. The second kappa shape index (κ2) is 7.05. The largest absolute Gasteiger partial charge is 0.365 e. The maximum absolute atomic E-state index is 12.6. The van der Waals surface area contributed by atoms with Crippen LogP contribution in [0.4, 0.5) is 5.69 Å². The summed E-state index contributed by atoms with van der Waals surface area (Å²) in [6, 6.07) is 15.8. The van der Waals surface area contributed by atoms with E-state index in [4.69, 9.17) is 4.74 Å². The van der Waals surface area contributed by atoms with Crippen LogP contribution in [0.2, 0.25) is 0 Å². The Kier molecular flexibility index (Phi) is 4.61. The van der Waals surface area contributed by atoms with Crippen LogP contribution in [-0.2, 0) is 17.9 Å². The molecule has 0 radical (unpaired) electrons. The number of aromatic nitrogens is 2. The van der Waals surface area contributed by atoms with Gasteiger partial charge in [-0.1, -0.05) is 46.3 Å². The zero-order valence-corrected chi connectivity index (χ0v) is 15.9. The quantitative estimate of drug-likeness (QED) is 0.690. The van der Waals surface area contributed by atoms with Crippen molar-refractivity contribution in [2.45, 2.75) is 26.2 Å². The number of ether oxygens (including phenoxy) is 1. The lowest BCUT2D eigenvalue weighted by Crippen LogP contribution is -2.23. The molecule has 3 aromatic rings. The molecule has 1 atom stereocenters. The average Bonchev–Trinajstić information content (AvgIpc) is 3.09. The lowest BCUT2D eigenvalue weighted by molar-refractivity contribution is 0.00265. The highest BCUT2D eigenvalue weighted by molar-refractivity contribution is 9.10. The van der Waals surface area contributed by atoms with Crippen LogP contribution in [0.25, 0.3) is 0 Å². The Bertz CT molecular complexity index is 953. The summed E-state index contributed by atoms with van der Waals surface area (Å²) in [6.45, 7) is 2.99. The van der Waals surface area contributed by atoms with E-state index >= 15 is 0 Å². The van der Waals surface area contributed by atoms with Crippen molar-refractivity contribution in [2.24, 2.45) is 0 Å². The molecule has 0 aliphatic carbocycles. The summed E-state index contributed by atoms with van der Waals surface area (Å²) in [5.41, 5.74) is 4.16. The Labute approximate surface area is 160 Å². The Hall–Kier alpha value is -2.44. The number of anilines is 1. The summed E-state index contributed by atoms with van der Waals surface area (Å²) in [5.74, 6) is -0.220. The van der Waals surface area contributed by atoms with Crippen LogP contribution in [0.3, 0.4) is 0 Å².